The fourth-order valence-corrected chi connectivity index (χ4v) is 3.83. The van der Waals surface area contributed by atoms with E-state index in [9.17, 15) is 9.59 Å². The average molecular weight is 415 g/mol. The number of anilines is 1. The van der Waals surface area contributed by atoms with E-state index in [2.05, 4.69) is 24.0 Å². The monoisotopic (exact) mass is 414 g/mol. The molecule has 0 saturated heterocycles. The van der Waals surface area contributed by atoms with Crippen LogP contribution in [0.3, 0.4) is 0 Å². The van der Waals surface area contributed by atoms with E-state index in [4.69, 9.17) is 11.7 Å². The van der Waals surface area contributed by atoms with Crippen molar-refractivity contribution in [3.05, 3.63) is 83.2 Å². The number of carboxylic acids is 1. The number of carboxylic acid groups (broad SMARTS) is 1. The first-order valence-electron chi connectivity index (χ1n) is 10.4. The Morgan fingerprint density at radius 2 is 1.81 bits per heavy atom. The highest BCUT2D eigenvalue weighted by Crippen LogP contribution is 2.32. The van der Waals surface area contributed by atoms with Gasteiger partial charge < -0.3 is 10.4 Å². The molecular weight excluding hydrogens is 388 g/mol. The molecule has 0 aliphatic heterocycles. The Morgan fingerprint density at radius 1 is 1.06 bits per heavy atom. The predicted molar refractivity (Wildman–Crippen MR) is 123 cm³/mol. The summed E-state index contributed by atoms with van der Waals surface area (Å²) in [7, 11) is 0. The third kappa shape index (κ3) is 5.49. The third-order valence-electron chi connectivity index (χ3n) is 5.31. The second-order valence-corrected chi connectivity index (χ2v) is 8.09. The molecule has 158 valence electrons. The maximum atomic E-state index is 13.5. The van der Waals surface area contributed by atoms with E-state index in [1.807, 2.05) is 42.5 Å². The molecule has 0 aliphatic carbocycles. The van der Waals surface area contributed by atoms with Crippen molar-refractivity contribution < 1.29 is 14.7 Å². The zero-order valence-corrected chi connectivity index (χ0v) is 17.8. The van der Waals surface area contributed by atoms with Crippen LogP contribution in [0, 0.1) is 12.5 Å². The molecule has 3 aromatic rings. The van der Waals surface area contributed by atoms with Crippen molar-refractivity contribution in [2.24, 2.45) is 5.92 Å². The van der Waals surface area contributed by atoms with Crippen molar-refractivity contribution in [3.63, 3.8) is 0 Å². The molecule has 0 spiro atoms. The molecule has 5 nitrogen and oxygen atoms in total. The molecular formula is C26H26N2O3. The van der Waals surface area contributed by atoms with Gasteiger partial charge in [0, 0.05) is 12.1 Å². The Bertz CT molecular complexity index is 1140. The number of amides is 1. The number of fused-ring (bicyclic) bond motifs is 1. The molecule has 5 heteroatoms. The van der Waals surface area contributed by atoms with Gasteiger partial charge in [-0.1, -0.05) is 68.4 Å². The van der Waals surface area contributed by atoms with E-state index in [1.165, 1.54) is 0 Å². The molecule has 31 heavy (non-hydrogen) atoms. The largest absolute Gasteiger partial charge is 0.481 e. The van der Waals surface area contributed by atoms with Gasteiger partial charge in [-0.3, -0.25) is 9.59 Å². The number of aliphatic carboxylic acids is 1. The van der Waals surface area contributed by atoms with Gasteiger partial charge in [-0.05, 0) is 46.7 Å². The Balaban J connectivity index is 1.98. The summed E-state index contributed by atoms with van der Waals surface area (Å²) in [5.74, 6) is -1.12. The standard InChI is InChI=1S/C26H26N2O3/c1-17(2)15-23(22-10-6-8-18-7-4-5-9-21(18)22)26(31)28-24-16-20(27-3)13-11-19(24)12-14-25(29)30/h4-11,13,16-17,23H,12,14-15H2,1-2H3,(H,28,31)(H,29,30). The molecule has 0 saturated carbocycles. The minimum atomic E-state index is -0.903. The van der Waals surface area contributed by atoms with Gasteiger partial charge in [-0.25, -0.2) is 4.85 Å². The lowest BCUT2D eigenvalue weighted by atomic mass is 9.86. The number of hydrogen-bond donors (Lipinski definition) is 2. The van der Waals surface area contributed by atoms with Crippen LogP contribution in [0.25, 0.3) is 15.6 Å². The fourth-order valence-electron chi connectivity index (χ4n) is 3.83. The van der Waals surface area contributed by atoms with Crippen molar-refractivity contribution >= 4 is 34.0 Å². The Kier molecular flexibility index (Phi) is 7.04. The van der Waals surface area contributed by atoms with Crippen molar-refractivity contribution in [2.75, 3.05) is 5.32 Å². The number of benzene rings is 3. The Morgan fingerprint density at radius 3 is 2.52 bits per heavy atom. The van der Waals surface area contributed by atoms with Crippen LogP contribution in [0.2, 0.25) is 0 Å². The van der Waals surface area contributed by atoms with E-state index in [1.54, 1.807) is 18.2 Å². The van der Waals surface area contributed by atoms with Gasteiger partial charge in [-0.2, -0.15) is 0 Å². The molecule has 0 radical (unpaired) electrons. The van der Waals surface area contributed by atoms with Gasteiger partial charge in [0.15, 0.2) is 5.69 Å². The van der Waals surface area contributed by atoms with Crippen LogP contribution in [-0.2, 0) is 16.0 Å². The lowest BCUT2D eigenvalue weighted by Gasteiger charge is -2.22. The van der Waals surface area contributed by atoms with Crippen LogP contribution >= 0.6 is 0 Å². The maximum Gasteiger partial charge on any atom is 0.303 e. The summed E-state index contributed by atoms with van der Waals surface area (Å²) in [4.78, 5) is 28.0. The van der Waals surface area contributed by atoms with Gasteiger partial charge in [0.1, 0.15) is 0 Å². The first-order chi connectivity index (χ1) is 14.9. The van der Waals surface area contributed by atoms with Crippen LogP contribution in [-0.4, -0.2) is 17.0 Å². The summed E-state index contributed by atoms with van der Waals surface area (Å²) in [5.41, 5.74) is 2.59. The fraction of sp³-hybridized carbons (Fsp3) is 0.269. The Hall–Kier alpha value is -3.65. The molecule has 1 amide bonds. The van der Waals surface area contributed by atoms with E-state index < -0.39 is 5.97 Å². The van der Waals surface area contributed by atoms with Crippen LogP contribution in [0.15, 0.2) is 60.7 Å². The van der Waals surface area contributed by atoms with Gasteiger partial charge >= 0.3 is 5.97 Å². The second-order valence-electron chi connectivity index (χ2n) is 8.09. The molecule has 2 N–H and O–H groups in total. The third-order valence-corrected chi connectivity index (χ3v) is 5.31. The number of aryl methyl sites for hydroxylation is 1. The quantitative estimate of drug-likeness (QED) is 0.433. The van der Waals surface area contributed by atoms with Crippen LogP contribution in [0.5, 0.6) is 0 Å². The van der Waals surface area contributed by atoms with Crippen molar-refractivity contribution in [3.8, 4) is 0 Å². The highest BCUT2D eigenvalue weighted by Gasteiger charge is 2.24. The number of nitrogens with zero attached hydrogens (tertiary/aromatic N) is 1. The summed E-state index contributed by atoms with van der Waals surface area (Å²) < 4.78 is 0. The molecule has 0 aromatic heterocycles. The van der Waals surface area contributed by atoms with Crippen molar-refractivity contribution in [2.45, 2.75) is 39.0 Å². The number of carbonyl (C=O) groups is 2. The smallest absolute Gasteiger partial charge is 0.303 e. The lowest BCUT2D eigenvalue weighted by Crippen LogP contribution is -2.23. The van der Waals surface area contributed by atoms with Gasteiger partial charge in [-0.15, -0.1) is 0 Å². The van der Waals surface area contributed by atoms with Crippen LogP contribution in [0.4, 0.5) is 11.4 Å². The average Bonchev–Trinajstić information content (AvgIpc) is 2.76. The van der Waals surface area contributed by atoms with E-state index in [0.717, 1.165) is 16.3 Å². The molecule has 0 fully saturated rings. The van der Waals surface area contributed by atoms with Gasteiger partial charge in [0.25, 0.3) is 0 Å². The highest BCUT2D eigenvalue weighted by atomic mass is 16.4. The zero-order chi connectivity index (χ0) is 22.4. The van der Waals surface area contributed by atoms with E-state index in [0.29, 0.717) is 29.3 Å². The van der Waals surface area contributed by atoms with Crippen molar-refractivity contribution in [1.82, 2.24) is 0 Å². The topological polar surface area (TPSA) is 70.8 Å². The highest BCUT2D eigenvalue weighted by molar-refractivity contribution is 6.00. The SMILES string of the molecule is [C-]#[N+]c1ccc(CCC(=O)O)c(NC(=O)C(CC(C)C)c2cccc3ccccc23)c1. The van der Waals surface area contributed by atoms with Gasteiger partial charge in [0.2, 0.25) is 5.91 Å². The minimum absolute atomic E-state index is 0.0427. The molecule has 0 aliphatic rings. The molecule has 3 aromatic carbocycles. The summed E-state index contributed by atoms with van der Waals surface area (Å²) in [5, 5.41) is 14.2. The first-order valence-corrected chi connectivity index (χ1v) is 10.4. The van der Waals surface area contributed by atoms with Crippen LogP contribution in [0.1, 0.15) is 43.7 Å². The summed E-state index contributed by atoms with van der Waals surface area (Å²) >= 11 is 0. The second kappa shape index (κ2) is 9.90. The molecule has 0 bridgehead atoms. The maximum absolute atomic E-state index is 13.5. The molecule has 3 rings (SSSR count). The number of hydrogen-bond acceptors (Lipinski definition) is 2. The van der Waals surface area contributed by atoms with E-state index >= 15 is 0 Å². The predicted octanol–water partition coefficient (Wildman–Crippen LogP) is 6.18. The Labute approximate surface area is 182 Å². The van der Waals surface area contributed by atoms with Crippen LogP contribution < -0.4 is 5.32 Å². The van der Waals surface area contributed by atoms with Crippen molar-refractivity contribution in [1.29, 1.82) is 0 Å². The minimum Gasteiger partial charge on any atom is -0.481 e. The summed E-state index contributed by atoms with van der Waals surface area (Å²) in [6, 6.07) is 19.0. The molecule has 1 atom stereocenters. The first kappa shape index (κ1) is 22.0. The number of carbonyl (C=O) groups excluding carboxylic acids is 1. The number of rotatable bonds is 8. The molecule has 0 heterocycles. The van der Waals surface area contributed by atoms with Gasteiger partial charge in [0.05, 0.1) is 12.5 Å². The normalized spacial score (nSPS) is 11.8. The van der Waals surface area contributed by atoms with E-state index in [-0.39, 0.29) is 24.7 Å². The number of nitrogens with one attached hydrogen (secondary N) is 1. The summed E-state index contributed by atoms with van der Waals surface area (Å²) in [6.45, 7) is 11.5. The molecule has 1 unspecified atom stereocenters. The summed E-state index contributed by atoms with van der Waals surface area (Å²) in [6.07, 6.45) is 0.915. The lowest BCUT2D eigenvalue weighted by molar-refractivity contribution is -0.137. The zero-order valence-electron chi connectivity index (χ0n) is 17.8.